The van der Waals surface area contributed by atoms with Crippen molar-refractivity contribution in [3.05, 3.63) is 58.5 Å². The number of hydrazone groups is 1. The third-order valence-electron chi connectivity index (χ3n) is 4.44. The molecule has 0 radical (unpaired) electrons. The number of benzene rings is 1. The summed E-state index contributed by atoms with van der Waals surface area (Å²) in [5, 5.41) is 8.40. The molecule has 1 aromatic carbocycles. The number of rotatable bonds is 2. The average Bonchev–Trinajstić information content (AvgIpc) is 3.29. The number of amides is 1. The average molecular weight is 364 g/mol. The van der Waals surface area contributed by atoms with E-state index >= 15 is 0 Å². The Morgan fingerprint density at radius 1 is 1.15 bits per heavy atom. The van der Waals surface area contributed by atoms with E-state index < -0.39 is 5.41 Å². The standard InChI is InChI=1S/C20H20N4OS/c1-20(2,3)19(25)24-17(12-16(23-24)18-5-4-10-26-18)13-6-7-14-15(11-13)22-9-8-21-14/h4-11,17H,12H2,1-3H3/t17-/m1/s1. The van der Waals surface area contributed by atoms with E-state index in [-0.39, 0.29) is 11.9 Å². The maximum absolute atomic E-state index is 13.0. The quantitative estimate of drug-likeness (QED) is 0.676. The molecule has 6 heteroatoms. The molecular formula is C20H20N4OS. The first-order chi connectivity index (χ1) is 12.4. The summed E-state index contributed by atoms with van der Waals surface area (Å²) in [6.07, 6.45) is 4.07. The van der Waals surface area contributed by atoms with Crippen molar-refractivity contribution >= 4 is 34.0 Å². The van der Waals surface area contributed by atoms with Crippen molar-refractivity contribution in [1.82, 2.24) is 15.0 Å². The lowest BCUT2D eigenvalue weighted by atomic mass is 9.93. The normalized spacial score (nSPS) is 17.6. The van der Waals surface area contributed by atoms with Gasteiger partial charge in [-0.05, 0) is 29.1 Å². The molecule has 5 nitrogen and oxygen atoms in total. The van der Waals surface area contributed by atoms with Gasteiger partial charge >= 0.3 is 0 Å². The first-order valence-electron chi connectivity index (χ1n) is 8.59. The van der Waals surface area contributed by atoms with Crippen LogP contribution in [-0.4, -0.2) is 26.6 Å². The fraction of sp³-hybridized carbons (Fsp3) is 0.300. The van der Waals surface area contributed by atoms with Gasteiger partial charge in [0.15, 0.2) is 0 Å². The van der Waals surface area contributed by atoms with Gasteiger partial charge in [-0.1, -0.05) is 32.9 Å². The van der Waals surface area contributed by atoms with Crippen LogP contribution in [-0.2, 0) is 4.79 Å². The second-order valence-electron chi connectivity index (χ2n) is 7.45. The molecule has 0 N–H and O–H groups in total. The smallest absolute Gasteiger partial charge is 0.248 e. The first kappa shape index (κ1) is 16.8. The molecule has 0 bridgehead atoms. The number of fused-ring (bicyclic) bond motifs is 1. The highest BCUT2D eigenvalue weighted by Gasteiger charge is 2.38. The van der Waals surface area contributed by atoms with Crippen LogP contribution in [0.5, 0.6) is 0 Å². The van der Waals surface area contributed by atoms with Crippen LogP contribution in [0, 0.1) is 5.41 Å². The Morgan fingerprint density at radius 3 is 2.62 bits per heavy atom. The van der Waals surface area contributed by atoms with Crippen molar-refractivity contribution in [2.75, 3.05) is 0 Å². The van der Waals surface area contributed by atoms with E-state index in [4.69, 9.17) is 5.10 Å². The lowest BCUT2D eigenvalue weighted by Gasteiger charge is -2.28. The fourth-order valence-electron chi connectivity index (χ4n) is 3.08. The molecule has 0 aliphatic carbocycles. The van der Waals surface area contributed by atoms with Crippen molar-refractivity contribution in [1.29, 1.82) is 0 Å². The molecule has 0 fully saturated rings. The van der Waals surface area contributed by atoms with E-state index in [9.17, 15) is 4.79 Å². The fourth-order valence-corrected chi connectivity index (χ4v) is 3.80. The van der Waals surface area contributed by atoms with Crippen LogP contribution in [0.15, 0.2) is 53.2 Å². The van der Waals surface area contributed by atoms with Crippen LogP contribution in [0.25, 0.3) is 11.0 Å². The number of carbonyl (C=O) groups excluding carboxylic acids is 1. The number of hydrogen-bond donors (Lipinski definition) is 0. The number of aromatic nitrogens is 2. The summed E-state index contributed by atoms with van der Waals surface area (Å²) in [4.78, 5) is 22.9. The second kappa shape index (κ2) is 6.29. The number of carbonyl (C=O) groups is 1. The zero-order chi connectivity index (χ0) is 18.3. The van der Waals surface area contributed by atoms with Gasteiger partial charge in [-0.25, -0.2) is 5.01 Å². The van der Waals surface area contributed by atoms with Crippen LogP contribution >= 0.6 is 11.3 Å². The van der Waals surface area contributed by atoms with Crippen LogP contribution in [0.2, 0.25) is 0 Å². The highest BCUT2D eigenvalue weighted by atomic mass is 32.1. The van der Waals surface area contributed by atoms with E-state index in [1.54, 1.807) is 28.7 Å². The van der Waals surface area contributed by atoms with Gasteiger partial charge < -0.3 is 0 Å². The molecule has 1 atom stereocenters. The van der Waals surface area contributed by atoms with Crippen molar-refractivity contribution in [2.24, 2.45) is 10.5 Å². The highest BCUT2D eigenvalue weighted by Crippen LogP contribution is 2.37. The summed E-state index contributed by atoms with van der Waals surface area (Å²) in [6.45, 7) is 5.78. The Kier molecular flexibility index (Phi) is 4.07. The molecule has 1 aliphatic rings. The van der Waals surface area contributed by atoms with Crippen LogP contribution < -0.4 is 0 Å². The van der Waals surface area contributed by atoms with Crippen molar-refractivity contribution in [3.8, 4) is 0 Å². The monoisotopic (exact) mass is 364 g/mol. The number of hydrogen-bond acceptors (Lipinski definition) is 5. The van der Waals surface area contributed by atoms with E-state index in [1.165, 1.54) is 0 Å². The molecule has 0 saturated heterocycles. The Hall–Kier alpha value is -2.60. The summed E-state index contributed by atoms with van der Waals surface area (Å²) in [7, 11) is 0. The summed E-state index contributed by atoms with van der Waals surface area (Å²) in [5.41, 5.74) is 3.18. The predicted molar refractivity (Wildman–Crippen MR) is 104 cm³/mol. The molecule has 3 aromatic rings. The summed E-state index contributed by atoms with van der Waals surface area (Å²) in [5.74, 6) is 0.0216. The zero-order valence-corrected chi connectivity index (χ0v) is 15.8. The van der Waals surface area contributed by atoms with Gasteiger partial charge in [0.1, 0.15) is 0 Å². The molecule has 0 unspecified atom stereocenters. The minimum absolute atomic E-state index is 0.0216. The number of nitrogens with zero attached hydrogens (tertiary/aromatic N) is 4. The summed E-state index contributed by atoms with van der Waals surface area (Å²) >= 11 is 1.65. The van der Waals surface area contributed by atoms with Crippen LogP contribution in [0.3, 0.4) is 0 Å². The Morgan fingerprint density at radius 2 is 1.92 bits per heavy atom. The number of thiophene rings is 1. The predicted octanol–water partition coefficient (Wildman–Crippen LogP) is 4.42. The van der Waals surface area contributed by atoms with Gasteiger partial charge in [0.05, 0.1) is 27.7 Å². The Labute approximate surface area is 156 Å². The molecule has 3 heterocycles. The van der Waals surface area contributed by atoms with Gasteiger partial charge in [-0.3, -0.25) is 14.8 Å². The van der Waals surface area contributed by atoms with Gasteiger partial charge in [0.25, 0.3) is 0 Å². The third kappa shape index (κ3) is 3.01. The van der Waals surface area contributed by atoms with Gasteiger partial charge in [0.2, 0.25) is 5.91 Å². The zero-order valence-electron chi connectivity index (χ0n) is 15.0. The Balaban J connectivity index is 1.76. The topological polar surface area (TPSA) is 58.5 Å². The van der Waals surface area contributed by atoms with Crippen molar-refractivity contribution in [2.45, 2.75) is 33.2 Å². The van der Waals surface area contributed by atoms with Crippen molar-refractivity contribution < 1.29 is 4.79 Å². The molecule has 26 heavy (non-hydrogen) atoms. The molecule has 1 amide bonds. The largest absolute Gasteiger partial charge is 0.272 e. The van der Waals surface area contributed by atoms with Gasteiger partial charge in [-0.2, -0.15) is 5.10 Å². The van der Waals surface area contributed by atoms with Crippen LogP contribution in [0.1, 0.15) is 43.7 Å². The minimum atomic E-state index is -0.497. The van der Waals surface area contributed by atoms with E-state index in [0.717, 1.165) is 27.2 Å². The first-order valence-corrected chi connectivity index (χ1v) is 9.47. The summed E-state index contributed by atoms with van der Waals surface area (Å²) < 4.78 is 0. The molecule has 132 valence electrons. The maximum atomic E-state index is 13.0. The van der Waals surface area contributed by atoms with Gasteiger partial charge in [0, 0.05) is 24.2 Å². The minimum Gasteiger partial charge on any atom is -0.272 e. The molecule has 0 saturated carbocycles. The van der Waals surface area contributed by atoms with Gasteiger partial charge in [-0.15, -0.1) is 11.3 Å². The SMILES string of the molecule is CC(C)(C)C(=O)N1N=C(c2cccs2)C[C@@H]1c1ccc2nccnc2c1. The highest BCUT2D eigenvalue weighted by molar-refractivity contribution is 7.12. The third-order valence-corrected chi connectivity index (χ3v) is 5.36. The van der Waals surface area contributed by atoms with E-state index in [2.05, 4.69) is 16.0 Å². The Bertz CT molecular complexity index is 988. The lowest BCUT2D eigenvalue weighted by Crippen LogP contribution is -2.36. The summed E-state index contributed by atoms with van der Waals surface area (Å²) in [6, 6.07) is 9.95. The van der Waals surface area contributed by atoms with Crippen LogP contribution in [0.4, 0.5) is 0 Å². The van der Waals surface area contributed by atoms with E-state index in [0.29, 0.717) is 6.42 Å². The molecule has 2 aromatic heterocycles. The lowest BCUT2D eigenvalue weighted by molar-refractivity contribution is -0.141. The molecule has 0 spiro atoms. The van der Waals surface area contributed by atoms with E-state index in [1.807, 2.05) is 50.4 Å². The maximum Gasteiger partial charge on any atom is 0.248 e. The second-order valence-corrected chi connectivity index (χ2v) is 8.40. The molecular weight excluding hydrogens is 344 g/mol. The molecule has 1 aliphatic heterocycles. The van der Waals surface area contributed by atoms with Crippen molar-refractivity contribution in [3.63, 3.8) is 0 Å². The molecule has 4 rings (SSSR count).